The first-order valence-electron chi connectivity index (χ1n) is 6.24. The fraction of sp³-hybridized carbons (Fsp3) is 0.500. The van der Waals surface area contributed by atoms with Gasteiger partial charge in [-0.1, -0.05) is 0 Å². The number of carbonyl (C=O) groups excluding carboxylic acids is 1. The lowest BCUT2D eigenvalue weighted by molar-refractivity contribution is -0.147. The minimum atomic E-state index is -0.732. The molecule has 0 saturated heterocycles. The first kappa shape index (κ1) is 12.7. The quantitative estimate of drug-likeness (QED) is 0.832. The van der Waals surface area contributed by atoms with Crippen molar-refractivity contribution in [1.29, 1.82) is 0 Å². The number of esters is 1. The number of nitrogens with one attached hydrogen (secondary N) is 1. The van der Waals surface area contributed by atoms with E-state index in [-0.39, 0.29) is 5.97 Å². The van der Waals surface area contributed by atoms with Crippen LogP contribution in [0.5, 0.6) is 5.75 Å². The minimum Gasteiger partial charge on any atom is -0.493 e. The van der Waals surface area contributed by atoms with E-state index in [0.717, 1.165) is 24.5 Å². The molecule has 18 heavy (non-hydrogen) atoms. The average Bonchev–Trinajstić information content (AvgIpc) is 2.76. The van der Waals surface area contributed by atoms with E-state index in [9.17, 15) is 4.79 Å². The maximum absolute atomic E-state index is 11.8. The summed E-state index contributed by atoms with van der Waals surface area (Å²) in [6, 6.07) is 5.89. The molecule has 0 aliphatic carbocycles. The molecule has 1 heterocycles. The van der Waals surface area contributed by atoms with Crippen LogP contribution in [0.25, 0.3) is 0 Å². The van der Waals surface area contributed by atoms with Gasteiger partial charge in [0.2, 0.25) is 0 Å². The van der Waals surface area contributed by atoms with Crippen LogP contribution >= 0.6 is 0 Å². The average molecular weight is 249 g/mol. The number of hydrogen-bond donors (Lipinski definition) is 1. The molecule has 1 aromatic carbocycles. The standard InChI is InChI=1S/C14H19NO3/c1-4-17-13(16)14(2,3)15-11-5-6-12-10(9-11)7-8-18-12/h5-6,9,15H,4,7-8H2,1-3H3. The number of ether oxygens (including phenoxy) is 2. The Kier molecular flexibility index (Phi) is 3.45. The van der Waals surface area contributed by atoms with Crippen LogP contribution in [-0.4, -0.2) is 24.7 Å². The Bertz CT molecular complexity index is 454. The first-order chi connectivity index (χ1) is 8.53. The zero-order valence-electron chi connectivity index (χ0n) is 11.1. The van der Waals surface area contributed by atoms with Crippen molar-refractivity contribution >= 4 is 11.7 Å². The highest BCUT2D eigenvalue weighted by Gasteiger charge is 2.29. The number of anilines is 1. The van der Waals surface area contributed by atoms with Crippen molar-refractivity contribution in [3.8, 4) is 5.75 Å². The van der Waals surface area contributed by atoms with Gasteiger partial charge in [-0.25, -0.2) is 4.79 Å². The van der Waals surface area contributed by atoms with Gasteiger partial charge in [0.05, 0.1) is 13.2 Å². The molecule has 1 aromatic rings. The topological polar surface area (TPSA) is 47.6 Å². The predicted molar refractivity (Wildman–Crippen MR) is 70.0 cm³/mol. The molecule has 0 saturated carbocycles. The summed E-state index contributed by atoms with van der Waals surface area (Å²) in [5, 5.41) is 3.20. The van der Waals surface area contributed by atoms with E-state index in [1.807, 2.05) is 32.0 Å². The van der Waals surface area contributed by atoms with E-state index in [2.05, 4.69) is 5.32 Å². The fourth-order valence-corrected chi connectivity index (χ4v) is 1.99. The Morgan fingerprint density at radius 3 is 3.00 bits per heavy atom. The zero-order chi connectivity index (χ0) is 13.2. The maximum atomic E-state index is 11.8. The van der Waals surface area contributed by atoms with Gasteiger partial charge in [0, 0.05) is 12.1 Å². The molecule has 0 radical (unpaired) electrons. The summed E-state index contributed by atoms with van der Waals surface area (Å²) >= 11 is 0. The number of carbonyl (C=O) groups is 1. The van der Waals surface area contributed by atoms with Crippen LogP contribution in [0.3, 0.4) is 0 Å². The molecular formula is C14H19NO3. The lowest BCUT2D eigenvalue weighted by Gasteiger charge is -2.25. The molecule has 0 spiro atoms. The molecule has 4 nitrogen and oxygen atoms in total. The Morgan fingerprint density at radius 2 is 2.28 bits per heavy atom. The van der Waals surface area contributed by atoms with Crippen LogP contribution in [0, 0.1) is 0 Å². The first-order valence-corrected chi connectivity index (χ1v) is 6.24. The smallest absolute Gasteiger partial charge is 0.331 e. The molecule has 4 heteroatoms. The van der Waals surface area contributed by atoms with E-state index in [0.29, 0.717) is 6.61 Å². The molecule has 0 fully saturated rings. The molecule has 0 unspecified atom stereocenters. The monoisotopic (exact) mass is 249 g/mol. The summed E-state index contributed by atoms with van der Waals surface area (Å²) in [4.78, 5) is 11.8. The van der Waals surface area contributed by atoms with E-state index < -0.39 is 5.54 Å². The normalized spacial score (nSPS) is 13.7. The van der Waals surface area contributed by atoms with Crippen LogP contribution in [0.15, 0.2) is 18.2 Å². The number of benzene rings is 1. The third-order valence-electron chi connectivity index (χ3n) is 2.93. The summed E-state index contributed by atoms with van der Waals surface area (Å²) in [5.41, 5.74) is 1.36. The van der Waals surface area contributed by atoms with Gasteiger partial charge in [-0.15, -0.1) is 0 Å². The summed E-state index contributed by atoms with van der Waals surface area (Å²) < 4.78 is 10.5. The predicted octanol–water partition coefficient (Wildman–Crippen LogP) is 2.38. The lowest BCUT2D eigenvalue weighted by atomic mass is 10.0. The Balaban J connectivity index is 2.11. The van der Waals surface area contributed by atoms with Crippen LogP contribution in [0.2, 0.25) is 0 Å². The number of hydrogen-bond acceptors (Lipinski definition) is 4. The van der Waals surface area contributed by atoms with Crippen LogP contribution in [0.4, 0.5) is 5.69 Å². The van der Waals surface area contributed by atoms with Gasteiger partial charge in [0.25, 0.3) is 0 Å². The highest BCUT2D eigenvalue weighted by Crippen LogP contribution is 2.29. The molecule has 1 N–H and O–H groups in total. The SMILES string of the molecule is CCOC(=O)C(C)(C)Nc1ccc2c(c1)CCO2. The van der Waals surface area contributed by atoms with Gasteiger partial charge >= 0.3 is 5.97 Å². The second kappa shape index (κ2) is 4.88. The molecule has 0 amide bonds. The molecule has 0 atom stereocenters. The maximum Gasteiger partial charge on any atom is 0.331 e. The molecule has 0 aromatic heterocycles. The molecule has 1 aliphatic rings. The highest BCUT2D eigenvalue weighted by atomic mass is 16.5. The van der Waals surface area contributed by atoms with Crippen molar-refractivity contribution in [2.45, 2.75) is 32.7 Å². The second-order valence-electron chi connectivity index (χ2n) is 4.89. The molecule has 1 aliphatic heterocycles. The third-order valence-corrected chi connectivity index (χ3v) is 2.93. The third kappa shape index (κ3) is 2.58. The summed E-state index contributed by atoms with van der Waals surface area (Å²) in [5.74, 6) is 0.691. The van der Waals surface area contributed by atoms with Crippen molar-refractivity contribution in [1.82, 2.24) is 0 Å². The van der Waals surface area contributed by atoms with Crippen LogP contribution in [0.1, 0.15) is 26.3 Å². The van der Waals surface area contributed by atoms with Crippen molar-refractivity contribution in [3.63, 3.8) is 0 Å². The highest BCUT2D eigenvalue weighted by molar-refractivity contribution is 5.83. The van der Waals surface area contributed by atoms with Gasteiger partial charge in [-0.2, -0.15) is 0 Å². The van der Waals surface area contributed by atoms with E-state index >= 15 is 0 Å². The minimum absolute atomic E-state index is 0.248. The molecular weight excluding hydrogens is 230 g/mol. The van der Waals surface area contributed by atoms with E-state index in [1.54, 1.807) is 6.92 Å². The molecule has 98 valence electrons. The largest absolute Gasteiger partial charge is 0.493 e. The fourth-order valence-electron chi connectivity index (χ4n) is 1.99. The zero-order valence-corrected chi connectivity index (χ0v) is 11.1. The molecule has 2 rings (SSSR count). The van der Waals surface area contributed by atoms with Crippen molar-refractivity contribution in [2.75, 3.05) is 18.5 Å². The van der Waals surface area contributed by atoms with Crippen LogP contribution in [-0.2, 0) is 16.0 Å². The van der Waals surface area contributed by atoms with Crippen LogP contribution < -0.4 is 10.1 Å². The van der Waals surface area contributed by atoms with Gasteiger partial charge in [-0.05, 0) is 44.5 Å². The van der Waals surface area contributed by atoms with Gasteiger partial charge in [0.15, 0.2) is 0 Å². The van der Waals surface area contributed by atoms with E-state index in [4.69, 9.17) is 9.47 Å². The molecule has 0 bridgehead atoms. The number of fused-ring (bicyclic) bond motifs is 1. The van der Waals surface area contributed by atoms with Gasteiger partial charge in [0.1, 0.15) is 11.3 Å². The second-order valence-corrected chi connectivity index (χ2v) is 4.89. The summed E-state index contributed by atoms with van der Waals surface area (Å²) in [6.07, 6.45) is 0.921. The number of rotatable bonds is 4. The van der Waals surface area contributed by atoms with Gasteiger partial charge < -0.3 is 14.8 Å². The van der Waals surface area contributed by atoms with Crippen molar-refractivity contribution < 1.29 is 14.3 Å². The van der Waals surface area contributed by atoms with Gasteiger partial charge in [-0.3, -0.25) is 0 Å². The van der Waals surface area contributed by atoms with E-state index in [1.165, 1.54) is 5.56 Å². The van der Waals surface area contributed by atoms with Crippen molar-refractivity contribution in [2.24, 2.45) is 0 Å². The Labute approximate surface area is 107 Å². The van der Waals surface area contributed by atoms with Crippen molar-refractivity contribution in [3.05, 3.63) is 23.8 Å². The Morgan fingerprint density at radius 1 is 1.50 bits per heavy atom. The summed E-state index contributed by atoms with van der Waals surface area (Å²) in [6.45, 7) is 6.56. The lowest BCUT2D eigenvalue weighted by Crippen LogP contribution is -2.41. The summed E-state index contributed by atoms with van der Waals surface area (Å²) in [7, 11) is 0. The Hall–Kier alpha value is -1.71.